The van der Waals surface area contributed by atoms with Crippen molar-refractivity contribution in [1.82, 2.24) is 9.55 Å². The van der Waals surface area contributed by atoms with Crippen LogP contribution in [-0.4, -0.2) is 33.7 Å². The van der Waals surface area contributed by atoms with E-state index in [1.54, 1.807) is 22.6 Å². The van der Waals surface area contributed by atoms with E-state index in [0.717, 1.165) is 11.5 Å². The quantitative estimate of drug-likeness (QED) is 0.456. The summed E-state index contributed by atoms with van der Waals surface area (Å²) in [5.41, 5.74) is -1.30. The fraction of sp³-hybridized carbons (Fsp3) is 0.455. The van der Waals surface area contributed by atoms with Crippen LogP contribution in [-0.2, 0) is 19.1 Å². The summed E-state index contributed by atoms with van der Waals surface area (Å²) in [5, 5.41) is 11.0. The Balaban J connectivity index is 2.32. The minimum Gasteiger partial charge on any atom is -0.547 e. The summed E-state index contributed by atoms with van der Waals surface area (Å²) in [5.74, 6) is -2.21. The van der Waals surface area contributed by atoms with Gasteiger partial charge in [-0.25, -0.2) is 4.79 Å². The highest BCUT2D eigenvalue weighted by molar-refractivity contribution is 14.1. The first-order valence-electron chi connectivity index (χ1n) is 5.84. The molecule has 0 bridgehead atoms. The van der Waals surface area contributed by atoms with Gasteiger partial charge in [-0.05, 0) is 22.6 Å². The number of ether oxygens (including phenoxy) is 2. The summed E-state index contributed by atoms with van der Waals surface area (Å²) in [6.45, 7) is 1.13. The van der Waals surface area contributed by atoms with Crippen LogP contribution in [0.25, 0.3) is 0 Å². The number of carboxylic acid groups (broad SMARTS) is 1. The molecule has 1 fully saturated rings. The zero-order chi connectivity index (χ0) is 15.7. The fourth-order valence-corrected chi connectivity index (χ4v) is 2.45. The fourth-order valence-electron chi connectivity index (χ4n) is 2.02. The molecule has 0 unspecified atom stereocenters. The van der Waals surface area contributed by atoms with Gasteiger partial charge in [-0.2, -0.15) is 0 Å². The molecule has 1 aromatic heterocycles. The maximum absolute atomic E-state index is 11.7. The highest BCUT2D eigenvalue weighted by atomic mass is 127. The van der Waals surface area contributed by atoms with E-state index in [1.807, 2.05) is 0 Å². The Morgan fingerprint density at radius 3 is 2.76 bits per heavy atom. The number of carbonyl (C=O) groups excluding carboxylic acids is 2. The lowest BCUT2D eigenvalue weighted by atomic mass is 10.2. The zero-order valence-electron chi connectivity index (χ0n) is 10.7. The Kier molecular flexibility index (Phi) is 4.46. The Bertz CT molecular complexity index is 695. The number of hydrogen-bond donors (Lipinski definition) is 1. The van der Waals surface area contributed by atoms with Gasteiger partial charge in [0.05, 0.1) is 9.54 Å². The van der Waals surface area contributed by atoms with Gasteiger partial charge in [0.25, 0.3) is 5.56 Å². The van der Waals surface area contributed by atoms with Crippen molar-refractivity contribution < 1.29 is 24.2 Å². The van der Waals surface area contributed by atoms with Crippen LogP contribution in [0, 0.1) is 3.57 Å². The second-order valence-electron chi connectivity index (χ2n) is 4.36. The molecule has 3 atom stereocenters. The van der Waals surface area contributed by atoms with Crippen molar-refractivity contribution in [3.8, 4) is 0 Å². The van der Waals surface area contributed by atoms with Crippen molar-refractivity contribution in [2.24, 2.45) is 0 Å². The van der Waals surface area contributed by atoms with Gasteiger partial charge in [-0.1, -0.05) is 0 Å². The van der Waals surface area contributed by atoms with Crippen molar-refractivity contribution >= 4 is 34.5 Å². The second kappa shape index (κ2) is 5.97. The number of carbonyl (C=O) groups is 2. The molecule has 0 amide bonds. The predicted molar refractivity (Wildman–Crippen MR) is 73.1 cm³/mol. The van der Waals surface area contributed by atoms with Gasteiger partial charge in [0, 0.05) is 19.5 Å². The summed E-state index contributed by atoms with van der Waals surface area (Å²) < 4.78 is 11.3. The molecule has 1 aliphatic rings. The predicted octanol–water partition coefficient (Wildman–Crippen LogP) is -1.89. The van der Waals surface area contributed by atoms with Gasteiger partial charge < -0.3 is 19.4 Å². The Morgan fingerprint density at radius 2 is 2.19 bits per heavy atom. The number of aliphatic carboxylic acids is 1. The van der Waals surface area contributed by atoms with E-state index < -0.39 is 41.6 Å². The maximum Gasteiger partial charge on any atom is 0.330 e. The lowest BCUT2D eigenvalue weighted by molar-refractivity contribution is -0.319. The number of hydrogen-bond acceptors (Lipinski definition) is 7. The van der Waals surface area contributed by atoms with Crippen molar-refractivity contribution in [1.29, 1.82) is 0 Å². The lowest BCUT2D eigenvalue weighted by Gasteiger charge is -2.18. The molecule has 0 aliphatic carbocycles. The molecule has 10 heteroatoms. The van der Waals surface area contributed by atoms with Crippen LogP contribution in [0.1, 0.15) is 19.6 Å². The monoisotopic (exact) mass is 409 g/mol. The van der Waals surface area contributed by atoms with E-state index in [4.69, 9.17) is 9.47 Å². The standard InChI is InChI=1S/C11H11IN2O7/c1-4(15)20-6-2-7(21-8(6)10(17)18)14-3-5(12)9(16)13-11(14)19/h3,6-8H,2H2,1H3,(H,17,18)(H,13,16,19)/p-1/t6-,7+,8-/m0/s1. The van der Waals surface area contributed by atoms with E-state index in [-0.39, 0.29) is 9.99 Å². The van der Waals surface area contributed by atoms with Crippen molar-refractivity contribution in [3.05, 3.63) is 30.6 Å². The van der Waals surface area contributed by atoms with E-state index >= 15 is 0 Å². The Hall–Kier alpha value is -1.69. The average Bonchev–Trinajstić information content (AvgIpc) is 2.76. The minimum atomic E-state index is -1.55. The molecular weight excluding hydrogens is 399 g/mol. The van der Waals surface area contributed by atoms with Crippen molar-refractivity contribution in [2.75, 3.05) is 0 Å². The first-order chi connectivity index (χ1) is 9.79. The third kappa shape index (κ3) is 3.32. The summed E-state index contributed by atoms with van der Waals surface area (Å²) in [6.07, 6.45) is -2.31. The van der Waals surface area contributed by atoms with Crippen LogP contribution >= 0.6 is 22.6 Å². The molecule has 9 nitrogen and oxygen atoms in total. The first-order valence-corrected chi connectivity index (χ1v) is 6.92. The molecule has 1 aliphatic heterocycles. The normalized spacial score (nSPS) is 24.8. The summed E-state index contributed by atoms with van der Waals surface area (Å²) in [6, 6.07) is 0. The van der Waals surface area contributed by atoms with Crippen molar-refractivity contribution in [2.45, 2.75) is 31.8 Å². The number of aromatic nitrogens is 2. The second-order valence-corrected chi connectivity index (χ2v) is 5.52. The van der Waals surface area contributed by atoms with Crippen LogP contribution in [0.3, 0.4) is 0 Å². The Morgan fingerprint density at radius 1 is 1.52 bits per heavy atom. The molecule has 1 aromatic rings. The highest BCUT2D eigenvalue weighted by Crippen LogP contribution is 2.29. The number of nitrogens with zero attached hydrogens (tertiary/aromatic N) is 1. The molecule has 1 saturated heterocycles. The highest BCUT2D eigenvalue weighted by Gasteiger charge is 2.39. The van der Waals surface area contributed by atoms with Crippen LogP contribution in [0.2, 0.25) is 0 Å². The largest absolute Gasteiger partial charge is 0.547 e. The van der Waals surface area contributed by atoms with Crippen molar-refractivity contribution in [3.63, 3.8) is 0 Å². The van der Waals surface area contributed by atoms with Gasteiger partial charge in [0.15, 0.2) is 0 Å². The van der Waals surface area contributed by atoms with E-state index in [2.05, 4.69) is 4.98 Å². The summed E-state index contributed by atoms with van der Waals surface area (Å²) in [7, 11) is 0. The molecule has 1 N–H and O–H groups in total. The summed E-state index contributed by atoms with van der Waals surface area (Å²) in [4.78, 5) is 47.1. The van der Waals surface area contributed by atoms with Gasteiger partial charge >= 0.3 is 11.7 Å². The third-order valence-corrected chi connectivity index (χ3v) is 3.63. The number of carboxylic acids is 1. The molecular formula is C11H10IN2O7-. The van der Waals surface area contributed by atoms with Gasteiger partial charge in [0.1, 0.15) is 18.4 Å². The van der Waals surface area contributed by atoms with E-state index in [1.165, 1.54) is 6.20 Å². The van der Waals surface area contributed by atoms with Crippen LogP contribution in [0.5, 0.6) is 0 Å². The number of H-pyrrole nitrogens is 1. The number of rotatable bonds is 3. The molecule has 2 heterocycles. The van der Waals surface area contributed by atoms with E-state index in [9.17, 15) is 24.3 Å². The number of esters is 1. The third-order valence-electron chi connectivity index (χ3n) is 2.86. The van der Waals surface area contributed by atoms with Gasteiger partial charge in [-0.15, -0.1) is 0 Å². The zero-order valence-corrected chi connectivity index (χ0v) is 12.9. The molecule has 0 radical (unpaired) electrons. The van der Waals surface area contributed by atoms with Gasteiger partial charge in [-0.3, -0.25) is 19.1 Å². The van der Waals surface area contributed by atoms with Crippen LogP contribution in [0.15, 0.2) is 15.8 Å². The SMILES string of the molecule is CC(=O)O[C@H]1C[C@H](n2cc(I)c(=O)[nH]c2=O)O[C@@H]1C(=O)[O-]. The summed E-state index contributed by atoms with van der Waals surface area (Å²) >= 11 is 1.72. The van der Waals surface area contributed by atoms with Crippen LogP contribution in [0.4, 0.5) is 0 Å². The molecule has 0 aromatic carbocycles. The molecule has 0 spiro atoms. The minimum absolute atomic E-state index is 0.0414. The van der Waals surface area contributed by atoms with Crippen LogP contribution < -0.4 is 16.4 Å². The Labute approximate surface area is 131 Å². The number of nitrogens with one attached hydrogen (secondary N) is 1. The lowest BCUT2D eigenvalue weighted by Crippen LogP contribution is -2.43. The topological polar surface area (TPSA) is 131 Å². The smallest absolute Gasteiger partial charge is 0.330 e. The van der Waals surface area contributed by atoms with Gasteiger partial charge in [0.2, 0.25) is 0 Å². The molecule has 21 heavy (non-hydrogen) atoms. The first kappa shape index (κ1) is 15.7. The number of aromatic amines is 1. The molecule has 114 valence electrons. The van der Waals surface area contributed by atoms with E-state index in [0.29, 0.717) is 0 Å². The average molecular weight is 409 g/mol. The number of halogens is 1. The molecule has 2 rings (SSSR count). The maximum atomic E-state index is 11.7. The molecule has 0 saturated carbocycles.